The molecule has 3 rings (SSSR count). The Bertz CT molecular complexity index is 616. The number of furan rings is 1. The summed E-state index contributed by atoms with van der Waals surface area (Å²) >= 11 is 1.44. The Morgan fingerprint density at radius 3 is 2.75 bits per heavy atom. The van der Waals surface area contributed by atoms with Gasteiger partial charge in [0.2, 0.25) is 0 Å². The summed E-state index contributed by atoms with van der Waals surface area (Å²) in [5.41, 5.74) is 0. The van der Waals surface area contributed by atoms with Crippen LogP contribution in [0.4, 0.5) is 0 Å². The lowest BCUT2D eigenvalue weighted by Crippen LogP contribution is -2.46. The molecule has 1 aliphatic heterocycles. The molecule has 0 spiro atoms. The van der Waals surface area contributed by atoms with Crippen LogP contribution in [-0.4, -0.2) is 65.7 Å². The van der Waals surface area contributed by atoms with Crippen LogP contribution < -0.4 is 0 Å². The molecule has 24 heavy (non-hydrogen) atoms. The van der Waals surface area contributed by atoms with E-state index in [0.717, 1.165) is 50.2 Å². The van der Waals surface area contributed by atoms with Crippen LogP contribution in [0, 0.1) is 0 Å². The lowest BCUT2D eigenvalue weighted by atomic mass is 10.2. The molecule has 1 fully saturated rings. The normalized spacial score (nSPS) is 17.3. The number of likely N-dealkylation sites (N-methyl/N-ethyl adjacent to an activating group) is 1. The monoisotopic (exact) mass is 348 g/mol. The Morgan fingerprint density at radius 1 is 1.25 bits per heavy atom. The Kier molecular flexibility index (Phi) is 6.25. The van der Waals surface area contributed by atoms with Gasteiger partial charge in [0.1, 0.15) is 5.76 Å². The van der Waals surface area contributed by atoms with Crippen molar-refractivity contribution < 1.29 is 9.15 Å². The van der Waals surface area contributed by atoms with Crippen molar-refractivity contribution in [3.05, 3.63) is 36.4 Å². The lowest BCUT2D eigenvalue weighted by molar-refractivity contribution is 0.0133. The minimum atomic E-state index is 0.514. The van der Waals surface area contributed by atoms with Gasteiger partial charge < -0.3 is 9.15 Å². The molecule has 0 aliphatic carbocycles. The second-order valence-electron chi connectivity index (χ2n) is 6.05. The molecule has 0 unspecified atom stereocenters. The fourth-order valence-corrected chi connectivity index (χ4v) is 3.53. The highest BCUT2D eigenvalue weighted by atomic mass is 32.2. The second-order valence-corrected chi connectivity index (χ2v) is 7.02. The number of ether oxygens (including phenoxy) is 1. The molecule has 1 aliphatic rings. The molecule has 0 aromatic carbocycles. The van der Waals surface area contributed by atoms with E-state index in [1.165, 1.54) is 11.8 Å². The molecule has 0 N–H and O–H groups in total. The molecule has 3 heterocycles. The van der Waals surface area contributed by atoms with E-state index in [0.29, 0.717) is 11.2 Å². The van der Waals surface area contributed by atoms with Crippen molar-refractivity contribution in [3.8, 4) is 0 Å². The number of morpholine rings is 1. The third kappa shape index (κ3) is 5.04. The second kappa shape index (κ2) is 8.62. The van der Waals surface area contributed by atoms with E-state index >= 15 is 0 Å². The number of aromatic nitrogens is 2. The van der Waals surface area contributed by atoms with E-state index in [-0.39, 0.29) is 0 Å². The summed E-state index contributed by atoms with van der Waals surface area (Å²) in [6.07, 6.45) is 3.47. The maximum absolute atomic E-state index is 5.89. The van der Waals surface area contributed by atoms with Gasteiger partial charge in [-0.05, 0) is 43.9 Å². The van der Waals surface area contributed by atoms with Crippen LogP contribution in [-0.2, 0) is 11.3 Å². The van der Waals surface area contributed by atoms with Gasteiger partial charge in [-0.1, -0.05) is 0 Å². The molecule has 130 valence electrons. The van der Waals surface area contributed by atoms with Crippen molar-refractivity contribution in [1.82, 2.24) is 19.8 Å². The molecule has 2 aromatic heterocycles. The average molecular weight is 348 g/mol. The van der Waals surface area contributed by atoms with E-state index in [2.05, 4.69) is 33.7 Å². The Balaban J connectivity index is 1.48. The van der Waals surface area contributed by atoms with Gasteiger partial charge in [-0.15, -0.1) is 0 Å². The summed E-state index contributed by atoms with van der Waals surface area (Å²) in [5, 5.41) is 1.53. The zero-order valence-electron chi connectivity index (χ0n) is 14.2. The summed E-state index contributed by atoms with van der Waals surface area (Å²) in [7, 11) is 2.13. The van der Waals surface area contributed by atoms with Crippen molar-refractivity contribution >= 4 is 11.8 Å². The van der Waals surface area contributed by atoms with Gasteiger partial charge in [0, 0.05) is 38.1 Å². The van der Waals surface area contributed by atoms with Crippen LogP contribution in [0.5, 0.6) is 0 Å². The van der Waals surface area contributed by atoms with Crippen molar-refractivity contribution in [2.24, 2.45) is 0 Å². The third-order valence-corrected chi connectivity index (χ3v) is 4.86. The molecule has 0 amide bonds. The number of hydrogen-bond donors (Lipinski definition) is 0. The van der Waals surface area contributed by atoms with Crippen LogP contribution in [0.25, 0.3) is 0 Å². The van der Waals surface area contributed by atoms with E-state index in [1.54, 1.807) is 12.4 Å². The fraction of sp³-hybridized carbons (Fsp3) is 0.529. The first kappa shape index (κ1) is 17.4. The van der Waals surface area contributed by atoms with Crippen LogP contribution in [0.15, 0.2) is 45.3 Å². The van der Waals surface area contributed by atoms with E-state index in [9.17, 15) is 0 Å². The minimum absolute atomic E-state index is 0.514. The first-order valence-corrected chi connectivity index (χ1v) is 9.06. The van der Waals surface area contributed by atoms with Gasteiger partial charge in [-0.25, -0.2) is 9.97 Å². The maximum Gasteiger partial charge on any atom is 0.195 e. The summed E-state index contributed by atoms with van der Waals surface area (Å²) in [6.45, 7) is 7.80. The molecule has 0 radical (unpaired) electrons. The average Bonchev–Trinajstić information content (AvgIpc) is 3.03. The molecule has 7 heteroatoms. The van der Waals surface area contributed by atoms with Crippen molar-refractivity contribution in [3.63, 3.8) is 0 Å². The van der Waals surface area contributed by atoms with Crippen molar-refractivity contribution in [1.29, 1.82) is 0 Å². The van der Waals surface area contributed by atoms with Crippen LogP contribution in [0.3, 0.4) is 0 Å². The topological polar surface area (TPSA) is 54.6 Å². The first-order valence-electron chi connectivity index (χ1n) is 8.24. The Labute approximate surface area is 147 Å². The highest BCUT2D eigenvalue weighted by molar-refractivity contribution is 7.99. The smallest absolute Gasteiger partial charge is 0.195 e. The number of nitrogens with zero attached hydrogens (tertiary/aromatic N) is 4. The van der Waals surface area contributed by atoms with Crippen molar-refractivity contribution in [2.45, 2.75) is 29.8 Å². The highest BCUT2D eigenvalue weighted by Crippen LogP contribution is 2.26. The standard InChI is InChI=1S/C17H24N4O2S/c1-14(21-8-10-22-11-9-21)12-20(2)13-15-4-5-16(23-15)24-17-18-6-3-7-19-17/h3-7,14H,8-13H2,1-2H3/t14-/m1/s1. The van der Waals surface area contributed by atoms with Crippen LogP contribution in [0.1, 0.15) is 12.7 Å². The van der Waals surface area contributed by atoms with Gasteiger partial charge in [0.05, 0.1) is 19.8 Å². The molecule has 2 aromatic rings. The zero-order valence-corrected chi connectivity index (χ0v) is 15.0. The Hall–Kier alpha value is -1.41. The predicted octanol–water partition coefficient (Wildman–Crippen LogP) is 2.37. The molecule has 6 nitrogen and oxygen atoms in total. The summed E-state index contributed by atoms with van der Waals surface area (Å²) in [5.74, 6) is 0.963. The molecular formula is C17H24N4O2S. The van der Waals surface area contributed by atoms with Gasteiger partial charge in [0.25, 0.3) is 0 Å². The summed E-state index contributed by atoms with van der Waals surface area (Å²) in [4.78, 5) is 13.2. The summed E-state index contributed by atoms with van der Waals surface area (Å²) in [6, 6.07) is 6.33. The van der Waals surface area contributed by atoms with Crippen LogP contribution in [0.2, 0.25) is 0 Å². The molecule has 1 atom stereocenters. The van der Waals surface area contributed by atoms with Gasteiger partial charge >= 0.3 is 0 Å². The van der Waals surface area contributed by atoms with Gasteiger partial charge in [-0.2, -0.15) is 0 Å². The van der Waals surface area contributed by atoms with E-state index in [1.807, 2.05) is 18.2 Å². The minimum Gasteiger partial charge on any atom is -0.453 e. The lowest BCUT2D eigenvalue weighted by Gasteiger charge is -2.34. The maximum atomic E-state index is 5.89. The quantitative estimate of drug-likeness (QED) is 0.712. The predicted molar refractivity (Wildman–Crippen MR) is 93.1 cm³/mol. The summed E-state index contributed by atoms with van der Waals surface area (Å²) < 4.78 is 11.3. The van der Waals surface area contributed by atoms with E-state index in [4.69, 9.17) is 9.15 Å². The van der Waals surface area contributed by atoms with E-state index < -0.39 is 0 Å². The fourth-order valence-electron chi connectivity index (χ4n) is 2.84. The molecular weight excluding hydrogens is 324 g/mol. The molecule has 0 bridgehead atoms. The zero-order chi connectivity index (χ0) is 16.8. The molecule has 0 saturated carbocycles. The van der Waals surface area contributed by atoms with Gasteiger partial charge in [-0.3, -0.25) is 9.80 Å². The molecule has 1 saturated heterocycles. The number of hydrogen-bond acceptors (Lipinski definition) is 7. The highest BCUT2D eigenvalue weighted by Gasteiger charge is 2.18. The van der Waals surface area contributed by atoms with Crippen LogP contribution >= 0.6 is 11.8 Å². The van der Waals surface area contributed by atoms with Gasteiger partial charge in [0.15, 0.2) is 10.2 Å². The Morgan fingerprint density at radius 2 is 2.00 bits per heavy atom. The largest absolute Gasteiger partial charge is 0.453 e. The SMILES string of the molecule is C[C@H](CN(C)Cc1ccc(Sc2ncccn2)o1)N1CCOCC1. The first-order chi connectivity index (χ1) is 11.7. The van der Waals surface area contributed by atoms with Crippen molar-refractivity contribution in [2.75, 3.05) is 39.9 Å². The third-order valence-electron chi connectivity index (χ3n) is 4.04. The number of rotatable bonds is 7.